The van der Waals surface area contributed by atoms with E-state index in [1.165, 1.54) is 19.2 Å². The predicted octanol–water partition coefficient (Wildman–Crippen LogP) is 4.93. The Hall–Kier alpha value is -1.77. The molecule has 0 amide bonds. The lowest BCUT2D eigenvalue weighted by Gasteiger charge is -2.14. The molecule has 2 aromatic carbocycles. The van der Waals surface area contributed by atoms with E-state index >= 15 is 0 Å². The van der Waals surface area contributed by atoms with Crippen LogP contribution in [0.1, 0.15) is 11.6 Å². The molecular formula is C15H11BrClFN2O. The molecule has 0 saturated carbocycles. The molecule has 0 spiro atoms. The fourth-order valence-electron chi connectivity index (χ4n) is 1.80. The van der Waals surface area contributed by atoms with Crippen molar-refractivity contribution in [2.45, 2.75) is 6.04 Å². The van der Waals surface area contributed by atoms with E-state index in [9.17, 15) is 9.65 Å². The van der Waals surface area contributed by atoms with E-state index < -0.39 is 11.9 Å². The Bertz CT molecular complexity index is 703. The van der Waals surface area contributed by atoms with Gasteiger partial charge in [-0.15, -0.1) is 0 Å². The molecule has 0 saturated heterocycles. The molecule has 0 bridgehead atoms. The lowest BCUT2D eigenvalue weighted by Crippen LogP contribution is -2.09. The van der Waals surface area contributed by atoms with Gasteiger partial charge in [0, 0.05) is 10.2 Å². The van der Waals surface area contributed by atoms with E-state index in [2.05, 4.69) is 27.3 Å². The molecule has 2 rings (SSSR count). The number of rotatable bonds is 4. The number of benzene rings is 2. The first-order valence-corrected chi connectivity index (χ1v) is 7.17. The summed E-state index contributed by atoms with van der Waals surface area (Å²) >= 11 is 9.23. The number of nitrogens with one attached hydrogen (secondary N) is 1. The van der Waals surface area contributed by atoms with Gasteiger partial charge in [-0.05, 0) is 51.8 Å². The minimum Gasteiger partial charge on any atom is -0.494 e. The van der Waals surface area contributed by atoms with Crippen LogP contribution in [0, 0.1) is 17.1 Å². The van der Waals surface area contributed by atoms with Crippen molar-refractivity contribution in [1.29, 1.82) is 5.26 Å². The Morgan fingerprint density at radius 3 is 2.67 bits per heavy atom. The highest BCUT2D eigenvalue weighted by molar-refractivity contribution is 9.10. The number of nitriles is 1. The second-order valence-electron chi connectivity index (χ2n) is 4.23. The highest BCUT2D eigenvalue weighted by atomic mass is 79.9. The molecular weight excluding hydrogens is 359 g/mol. The molecule has 0 aliphatic heterocycles. The minimum absolute atomic E-state index is 0.143. The molecule has 108 valence electrons. The number of nitrogens with zero attached hydrogens (tertiary/aromatic N) is 1. The maximum Gasteiger partial charge on any atom is 0.165 e. The summed E-state index contributed by atoms with van der Waals surface area (Å²) in [4.78, 5) is 0. The highest BCUT2D eigenvalue weighted by Crippen LogP contribution is 2.29. The van der Waals surface area contributed by atoms with E-state index in [0.717, 1.165) is 0 Å². The zero-order valence-electron chi connectivity index (χ0n) is 11.0. The van der Waals surface area contributed by atoms with Crippen LogP contribution in [0.3, 0.4) is 0 Å². The smallest absolute Gasteiger partial charge is 0.165 e. The first-order chi connectivity index (χ1) is 10.0. The van der Waals surface area contributed by atoms with E-state index in [1.54, 1.807) is 24.3 Å². The third kappa shape index (κ3) is 3.66. The summed E-state index contributed by atoms with van der Waals surface area (Å²) in [6, 6.07) is 11.0. The van der Waals surface area contributed by atoms with Crippen molar-refractivity contribution < 1.29 is 9.13 Å². The summed E-state index contributed by atoms with van der Waals surface area (Å²) < 4.78 is 19.3. The standard InChI is InChI=1S/C15H11BrClFN2O/c1-21-15-5-2-9(6-13(15)18)14(8-19)20-10-3-4-12(17)11(16)7-10/h2-7,14,20H,1H3. The van der Waals surface area contributed by atoms with Crippen LogP contribution in [0.4, 0.5) is 10.1 Å². The molecule has 6 heteroatoms. The van der Waals surface area contributed by atoms with E-state index in [0.29, 0.717) is 20.7 Å². The molecule has 0 heterocycles. The Morgan fingerprint density at radius 2 is 2.10 bits per heavy atom. The summed E-state index contributed by atoms with van der Waals surface area (Å²) in [5.74, 6) is -0.362. The lowest BCUT2D eigenvalue weighted by molar-refractivity contribution is 0.386. The molecule has 0 aliphatic rings. The number of ether oxygens (including phenoxy) is 1. The first-order valence-electron chi connectivity index (χ1n) is 6.00. The van der Waals surface area contributed by atoms with Crippen LogP contribution in [0.5, 0.6) is 5.75 Å². The van der Waals surface area contributed by atoms with E-state index in [-0.39, 0.29) is 5.75 Å². The molecule has 0 aromatic heterocycles. The molecule has 2 aromatic rings. The second kappa shape index (κ2) is 6.79. The second-order valence-corrected chi connectivity index (χ2v) is 5.49. The van der Waals surface area contributed by atoms with Crippen molar-refractivity contribution in [1.82, 2.24) is 0 Å². The maximum absolute atomic E-state index is 13.7. The van der Waals surface area contributed by atoms with Gasteiger partial charge >= 0.3 is 0 Å². The average molecular weight is 370 g/mol. The van der Waals surface area contributed by atoms with Crippen molar-refractivity contribution >= 4 is 33.2 Å². The summed E-state index contributed by atoms with van der Waals surface area (Å²) in [6.45, 7) is 0. The molecule has 0 aliphatic carbocycles. The van der Waals surface area contributed by atoms with Gasteiger partial charge in [-0.2, -0.15) is 5.26 Å². The van der Waals surface area contributed by atoms with Gasteiger partial charge in [-0.3, -0.25) is 0 Å². The first kappa shape index (κ1) is 15.6. The zero-order chi connectivity index (χ0) is 15.4. The largest absolute Gasteiger partial charge is 0.494 e. The van der Waals surface area contributed by atoms with Crippen molar-refractivity contribution in [3.8, 4) is 11.8 Å². The van der Waals surface area contributed by atoms with E-state index in [1.807, 2.05) is 0 Å². The Morgan fingerprint density at radius 1 is 1.33 bits per heavy atom. The van der Waals surface area contributed by atoms with Gasteiger partial charge in [0.1, 0.15) is 6.04 Å². The normalized spacial score (nSPS) is 11.6. The predicted molar refractivity (Wildman–Crippen MR) is 84.1 cm³/mol. The van der Waals surface area contributed by atoms with Crippen LogP contribution in [0.2, 0.25) is 5.02 Å². The molecule has 21 heavy (non-hydrogen) atoms. The fraction of sp³-hybridized carbons (Fsp3) is 0.133. The van der Waals surface area contributed by atoms with Gasteiger partial charge in [-0.25, -0.2) is 4.39 Å². The Balaban J connectivity index is 2.26. The van der Waals surface area contributed by atoms with Crippen molar-refractivity contribution in [3.63, 3.8) is 0 Å². The topological polar surface area (TPSA) is 45.0 Å². The van der Waals surface area contributed by atoms with Crippen molar-refractivity contribution in [2.24, 2.45) is 0 Å². The molecule has 1 N–H and O–H groups in total. The van der Waals surface area contributed by atoms with Gasteiger partial charge in [0.25, 0.3) is 0 Å². The Kier molecular flexibility index (Phi) is 5.05. The highest BCUT2D eigenvalue weighted by Gasteiger charge is 2.13. The van der Waals surface area contributed by atoms with Gasteiger partial charge in [0.2, 0.25) is 0 Å². The van der Waals surface area contributed by atoms with Gasteiger partial charge in [0.05, 0.1) is 18.2 Å². The van der Waals surface area contributed by atoms with Crippen LogP contribution in [0.15, 0.2) is 40.9 Å². The third-order valence-corrected chi connectivity index (χ3v) is 4.08. The lowest BCUT2D eigenvalue weighted by atomic mass is 10.1. The van der Waals surface area contributed by atoms with E-state index in [4.69, 9.17) is 16.3 Å². The summed E-state index contributed by atoms with van der Waals surface area (Å²) in [5, 5.41) is 12.9. The number of methoxy groups -OCH3 is 1. The number of halogens is 3. The van der Waals surface area contributed by atoms with Crippen molar-refractivity contribution in [3.05, 3.63) is 57.3 Å². The van der Waals surface area contributed by atoms with Crippen molar-refractivity contribution in [2.75, 3.05) is 12.4 Å². The van der Waals surface area contributed by atoms with Gasteiger partial charge in [-0.1, -0.05) is 17.7 Å². The molecule has 1 atom stereocenters. The number of hydrogen-bond acceptors (Lipinski definition) is 3. The molecule has 0 fully saturated rings. The number of anilines is 1. The van der Waals surface area contributed by atoms with Gasteiger partial charge < -0.3 is 10.1 Å². The van der Waals surface area contributed by atoms with Crippen LogP contribution < -0.4 is 10.1 Å². The quantitative estimate of drug-likeness (QED) is 0.831. The average Bonchev–Trinajstić information content (AvgIpc) is 2.48. The maximum atomic E-state index is 13.7. The molecule has 0 radical (unpaired) electrons. The fourth-order valence-corrected chi connectivity index (χ4v) is 2.30. The Labute approximate surface area is 135 Å². The SMILES string of the molecule is COc1ccc(C(C#N)Nc2ccc(Cl)c(Br)c2)cc1F. The third-order valence-electron chi connectivity index (χ3n) is 2.87. The number of hydrogen-bond donors (Lipinski definition) is 1. The molecule has 1 unspecified atom stereocenters. The monoisotopic (exact) mass is 368 g/mol. The van der Waals surface area contributed by atoms with Crippen LogP contribution in [-0.4, -0.2) is 7.11 Å². The summed E-state index contributed by atoms with van der Waals surface area (Å²) in [6.07, 6.45) is 0. The van der Waals surface area contributed by atoms with Crippen LogP contribution >= 0.6 is 27.5 Å². The molecule has 3 nitrogen and oxygen atoms in total. The zero-order valence-corrected chi connectivity index (χ0v) is 13.4. The minimum atomic E-state index is -0.682. The summed E-state index contributed by atoms with van der Waals surface area (Å²) in [7, 11) is 1.39. The van der Waals surface area contributed by atoms with Gasteiger partial charge in [0.15, 0.2) is 11.6 Å². The van der Waals surface area contributed by atoms with Crippen LogP contribution in [-0.2, 0) is 0 Å². The summed E-state index contributed by atoms with van der Waals surface area (Å²) in [5.41, 5.74) is 1.22. The van der Waals surface area contributed by atoms with Crippen LogP contribution in [0.25, 0.3) is 0 Å².